The van der Waals surface area contributed by atoms with E-state index in [4.69, 9.17) is 0 Å². The first-order valence-electron chi connectivity index (χ1n) is 12.3. The zero-order valence-electron chi connectivity index (χ0n) is 20.7. The van der Waals surface area contributed by atoms with Crippen molar-refractivity contribution in [1.29, 1.82) is 0 Å². The number of likely N-dealkylation sites (tertiary alicyclic amines) is 1. The van der Waals surface area contributed by atoms with Gasteiger partial charge in [0.2, 0.25) is 0 Å². The number of amides is 1. The monoisotopic (exact) mass is 472 g/mol. The van der Waals surface area contributed by atoms with Gasteiger partial charge in [0, 0.05) is 30.9 Å². The number of allylic oxidation sites excluding steroid dienone is 1. The fourth-order valence-electron chi connectivity index (χ4n) is 5.33. The number of nitrogens with zero attached hydrogens (tertiary/aromatic N) is 4. The molecule has 0 radical (unpaired) electrons. The molecule has 3 heterocycles. The average molecular weight is 473 g/mol. The summed E-state index contributed by atoms with van der Waals surface area (Å²) in [5.74, 6) is 0.260. The Labute approximate surface area is 207 Å². The van der Waals surface area contributed by atoms with Crippen molar-refractivity contribution in [2.75, 3.05) is 13.1 Å². The van der Waals surface area contributed by atoms with Crippen LogP contribution in [0.25, 0.3) is 11.4 Å². The number of rotatable bonds is 7. The smallest absolute Gasteiger partial charge is 0.256 e. The van der Waals surface area contributed by atoms with Gasteiger partial charge in [-0.2, -0.15) is 0 Å². The Bertz CT molecular complexity index is 1170. The lowest BCUT2D eigenvalue weighted by Gasteiger charge is -2.48. The Morgan fingerprint density at radius 2 is 1.80 bits per heavy atom. The highest BCUT2D eigenvalue weighted by Gasteiger charge is 2.44. The molecule has 0 saturated carbocycles. The number of hydrogen-bond donors (Lipinski definition) is 0. The summed E-state index contributed by atoms with van der Waals surface area (Å²) < 4.78 is 13.6. The second-order valence-corrected chi connectivity index (χ2v) is 9.55. The Morgan fingerprint density at radius 3 is 2.43 bits per heavy atom. The molecule has 1 aliphatic heterocycles. The molecule has 0 N–H and O–H groups in total. The minimum absolute atomic E-state index is 0.0381. The Hall–Kier alpha value is -3.41. The van der Waals surface area contributed by atoms with Crippen LogP contribution in [0.2, 0.25) is 0 Å². The molecule has 1 fully saturated rings. The molecule has 3 aromatic rings. The quantitative estimate of drug-likeness (QED) is 0.378. The molecule has 35 heavy (non-hydrogen) atoms. The molecule has 5 nitrogen and oxygen atoms in total. The van der Waals surface area contributed by atoms with E-state index in [2.05, 4.69) is 42.3 Å². The molecule has 2 aromatic heterocycles. The summed E-state index contributed by atoms with van der Waals surface area (Å²) in [5, 5.41) is 0. The maximum absolute atomic E-state index is 13.6. The maximum Gasteiger partial charge on any atom is 0.256 e. The van der Waals surface area contributed by atoms with Crippen LogP contribution in [-0.2, 0) is 0 Å². The van der Waals surface area contributed by atoms with Gasteiger partial charge in [0.25, 0.3) is 5.91 Å². The summed E-state index contributed by atoms with van der Waals surface area (Å²) in [6.07, 6.45) is 7.42. The lowest BCUT2D eigenvalue weighted by Crippen LogP contribution is -2.46. The van der Waals surface area contributed by atoms with Crippen LogP contribution >= 0.6 is 0 Å². The zero-order valence-corrected chi connectivity index (χ0v) is 20.7. The summed E-state index contributed by atoms with van der Waals surface area (Å²) >= 11 is 0. The fraction of sp³-hybridized carbons (Fsp3) is 0.379. The van der Waals surface area contributed by atoms with Gasteiger partial charge in [0.05, 0.1) is 11.3 Å². The van der Waals surface area contributed by atoms with Crippen molar-refractivity contribution in [1.82, 2.24) is 19.9 Å². The van der Waals surface area contributed by atoms with Gasteiger partial charge >= 0.3 is 0 Å². The fourth-order valence-corrected chi connectivity index (χ4v) is 5.33. The van der Waals surface area contributed by atoms with E-state index in [1.807, 2.05) is 23.1 Å². The van der Waals surface area contributed by atoms with Crippen LogP contribution in [0, 0.1) is 17.2 Å². The molecular weight excluding hydrogens is 439 g/mol. The highest BCUT2D eigenvalue weighted by molar-refractivity contribution is 5.99. The predicted molar refractivity (Wildman–Crippen MR) is 136 cm³/mol. The van der Waals surface area contributed by atoms with E-state index in [9.17, 15) is 9.18 Å². The molecule has 2 unspecified atom stereocenters. The molecule has 182 valence electrons. The first-order valence-corrected chi connectivity index (χ1v) is 12.3. The summed E-state index contributed by atoms with van der Waals surface area (Å²) in [7, 11) is 0. The first-order chi connectivity index (χ1) is 16.9. The lowest BCUT2D eigenvalue weighted by molar-refractivity contribution is 0.0581. The van der Waals surface area contributed by atoms with Gasteiger partial charge in [0.15, 0.2) is 0 Å². The highest BCUT2D eigenvalue weighted by Crippen LogP contribution is 2.52. The number of benzene rings is 1. The predicted octanol–water partition coefficient (Wildman–Crippen LogP) is 6.31. The van der Waals surface area contributed by atoms with Gasteiger partial charge in [-0.25, -0.2) is 14.4 Å². The maximum atomic E-state index is 13.6. The summed E-state index contributed by atoms with van der Waals surface area (Å²) in [4.78, 5) is 28.3. The second-order valence-electron chi connectivity index (χ2n) is 9.55. The SMILES string of the molecule is C=C(C(C)CC)C1(C(C)c2ccc(F)cc2)CCN(C(=O)c2cccnc2-c2ccncn2)CC1. The van der Waals surface area contributed by atoms with Gasteiger partial charge < -0.3 is 4.90 Å². The topological polar surface area (TPSA) is 59.0 Å². The molecule has 0 spiro atoms. The van der Waals surface area contributed by atoms with Crippen molar-refractivity contribution < 1.29 is 9.18 Å². The Morgan fingerprint density at radius 1 is 1.09 bits per heavy atom. The normalized spacial score (nSPS) is 17.0. The van der Waals surface area contributed by atoms with Crippen LogP contribution in [0.5, 0.6) is 0 Å². The number of carbonyl (C=O) groups excluding carboxylic acids is 1. The van der Waals surface area contributed by atoms with Gasteiger partial charge in [-0.3, -0.25) is 9.78 Å². The van der Waals surface area contributed by atoms with E-state index in [1.54, 1.807) is 24.5 Å². The van der Waals surface area contributed by atoms with Crippen LogP contribution in [0.15, 0.2) is 73.3 Å². The van der Waals surface area contributed by atoms with Crippen molar-refractivity contribution in [2.45, 2.75) is 46.0 Å². The molecule has 0 aliphatic carbocycles. The third kappa shape index (κ3) is 4.88. The first kappa shape index (κ1) is 24.7. The van der Waals surface area contributed by atoms with Crippen LogP contribution in [0.3, 0.4) is 0 Å². The number of halogens is 1. The molecular formula is C29H33FN4O. The summed E-state index contributed by atoms with van der Waals surface area (Å²) in [6.45, 7) is 12.4. The number of carbonyl (C=O) groups is 1. The lowest BCUT2D eigenvalue weighted by atomic mass is 9.60. The Balaban J connectivity index is 1.60. The van der Waals surface area contributed by atoms with Crippen LogP contribution in [0.1, 0.15) is 61.9 Å². The average Bonchev–Trinajstić information content (AvgIpc) is 2.92. The van der Waals surface area contributed by atoms with Gasteiger partial charge in [-0.15, -0.1) is 0 Å². The summed E-state index contributed by atoms with van der Waals surface area (Å²) in [6, 6.07) is 12.2. The van der Waals surface area contributed by atoms with E-state index < -0.39 is 0 Å². The van der Waals surface area contributed by atoms with Crippen LogP contribution in [-0.4, -0.2) is 38.8 Å². The van der Waals surface area contributed by atoms with Crippen molar-refractivity contribution in [3.63, 3.8) is 0 Å². The largest absolute Gasteiger partial charge is 0.339 e. The molecule has 4 rings (SSSR count). The van der Waals surface area contributed by atoms with E-state index >= 15 is 0 Å². The van der Waals surface area contributed by atoms with Crippen LogP contribution < -0.4 is 0 Å². The highest BCUT2D eigenvalue weighted by atomic mass is 19.1. The minimum atomic E-state index is -0.230. The van der Waals surface area contributed by atoms with E-state index in [-0.39, 0.29) is 23.1 Å². The summed E-state index contributed by atoms with van der Waals surface area (Å²) in [5.41, 5.74) is 3.92. The Kier molecular flexibility index (Phi) is 7.39. The molecule has 6 heteroatoms. The molecule has 2 atom stereocenters. The van der Waals surface area contributed by atoms with Crippen molar-refractivity contribution in [3.05, 3.63) is 90.3 Å². The van der Waals surface area contributed by atoms with E-state index in [0.29, 0.717) is 36.0 Å². The van der Waals surface area contributed by atoms with Crippen molar-refractivity contribution >= 4 is 5.91 Å². The van der Waals surface area contributed by atoms with Crippen molar-refractivity contribution in [2.24, 2.45) is 11.3 Å². The van der Waals surface area contributed by atoms with Gasteiger partial charge in [0.1, 0.15) is 17.8 Å². The second kappa shape index (κ2) is 10.5. The van der Waals surface area contributed by atoms with Crippen LogP contribution in [0.4, 0.5) is 4.39 Å². The molecule has 0 bridgehead atoms. The standard InChI is InChI=1S/C29H33FN4O/c1-5-20(2)21(3)29(22(4)23-8-10-24(30)11-9-23)13-17-34(18-14-29)28(35)25-7-6-15-32-27(25)26-12-16-31-19-33-26/h6-12,15-16,19-20,22H,3,5,13-14,17-18H2,1-2,4H3. The minimum Gasteiger partial charge on any atom is -0.339 e. The molecule has 1 aromatic carbocycles. The molecule has 1 amide bonds. The number of piperidine rings is 1. The van der Waals surface area contributed by atoms with Gasteiger partial charge in [-0.1, -0.05) is 45.1 Å². The number of hydrogen-bond acceptors (Lipinski definition) is 4. The van der Waals surface area contributed by atoms with E-state index in [0.717, 1.165) is 24.8 Å². The number of aromatic nitrogens is 3. The van der Waals surface area contributed by atoms with Crippen molar-refractivity contribution in [3.8, 4) is 11.4 Å². The van der Waals surface area contributed by atoms with Gasteiger partial charge in [-0.05, 0) is 67.0 Å². The third-order valence-electron chi connectivity index (χ3n) is 7.85. The number of pyridine rings is 1. The molecule has 1 saturated heterocycles. The van der Waals surface area contributed by atoms with E-state index in [1.165, 1.54) is 24.0 Å². The third-order valence-corrected chi connectivity index (χ3v) is 7.85. The zero-order chi connectivity index (χ0) is 25.0. The molecule has 1 aliphatic rings.